The number of aliphatic hydroxyl groups is 4. The Morgan fingerprint density at radius 1 is 0.397 bits per heavy atom. The summed E-state index contributed by atoms with van der Waals surface area (Å²) in [6, 6.07) is 54.3. The molecule has 696 valence electrons. The van der Waals surface area contributed by atoms with Crippen molar-refractivity contribution in [1.82, 2.24) is 60.3 Å². The van der Waals surface area contributed by atoms with Crippen LogP contribution in [0, 0.1) is 45.3 Å². The van der Waals surface area contributed by atoms with Gasteiger partial charge in [-0.3, -0.25) is 19.4 Å². The lowest BCUT2D eigenvalue weighted by Crippen LogP contribution is -2.44. The third-order valence-electron chi connectivity index (χ3n) is 26.0. The van der Waals surface area contributed by atoms with Crippen molar-refractivity contribution in [1.29, 1.82) is 21.0 Å². The zero-order valence-corrected chi connectivity index (χ0v) is 78.0. The van der Waals surface area contributed by atoms with Crippen LogP contribution in [-0.4, -0.2) is 208 Å². The normalized spacial score (nSPS) is 19.0. The van der Waals surface area contributed by atoms with Crippen LogP contribution in [0.2, 0.25) is 0 Å². The zero-order chi connectivity index (χ0) is 95.5. The van der Waals surface area contributed by atoms with Gasteiger partial charge in [0.1, 0.15) is 91.6 Å². The number of aromatic nitrogens is 8. The van der Waals surface area contributed by atoms with E-state index in [1.807, 2.05) is 128 Å². The average Bonchev–Trinajstić information content (AvgIpc) is 1.57. The van der Waals surface area contributed by atoms with Crippen LogP contribution in [0.4, 0.5) is 9.59 Å². The predicted octanol–water partition coefficient (Wildman–Crippen LogP) is 15.2. The lowest BCUT2D eigenvalue weighted by Gasteiger charge is -2.32. The SMILES string of the molecule is CC(C)Oc1ccc(-c2nc(-c3cccc4c3CC[C@@]43COC(=O)N3CCO)no2)cc1C#N.CC(C)Oc1ccc(-c2nc(-c3cccc4c3CC[C@]43COC(=O)N3CCO)no2)cc1C#N.CC(C)Oc1ccc(-c2nnc(-c3cccc4c3CC[C@@]43CC(=O)N(CCO)C3)s2)cc1C#N.CC(C)Oc1ccc(-c2nnc(-c3cccc4c3CC[C@]43CC(=O)N(CCO)C3)s2)cc1C#N. The van der Waals surface area contributed by atoms with E-state index in [4.69, 9.17) is 37.5 Å². The van der Waals surface area contributed by atoms with Crippen LogP contribution >= 0.6 is 22.7 Å². The van der Waals surface area contributed by atoms with Gasteiger partial charge in [-0.1, -0.05) is 106 Å². The van der Waals surface area contributed by atoms with Crippen LogP contribution in [0.3, 0.4) is 0 Å². The fraction of sp³-hybridized carbons (Fsp3) is 0.373. The molecule has 12 aromatic rings. The smallest absolute Gasteiger partial charge is 0.410 e. The highest BCUT2D eigenvalue weighted by Crippen LogP contribution is 2.54. The minimum Gasteiger partial charge on any atom is -0.490 e. The number of fused-ring (bicyclic) bond motifs is 8. The van der Waals surface area contributed by atoms with Crippen molar-refractivity contribution in [3.63, 3.8) is 0 Å². The van der Waals surface area contributed by atoms with Gasteiger partial charge in [-0.2, -0.15) is 31.0 Å². The highest BCUT2D eigenvalue weighted by molar-refractivity contribution is 7.18. The van der Waals surface area contributed by atoms with Crippen LogP contribution in [0.1, 0.15) is 161 Å². The molecule has 4 N–H and O–H groups in total. The van der Waals surface area contributed by atoms with Gasteiger partial charge in [-0.05, 0) is 224 Å². The van der Waals surface area contributed by atoms with Gasteiger partial charge < -0.3 is 67.7 Å². The second-order valence-corrected chi connectivity index (χ2v) is 37.8. The first-order valence-corrected chi connectivity index (χ1v) is 47.0. The van der Waals surface area contributed by atoms with Gasteiger partial charge in [0.05, 0.1) is 73.1 Å². The minimum atomic E-state index is -0.592. The molecule has 4 aliphatic carbocycles. The molecule has 4 aliphatic heterocycles. The van der Waals surface area contributed by atoms with E-state index >= 15 is 0 Å². The number of carbonyl (C=O) groups is 4. The number of cyclic esters (lactones) is 2. The highest BCUT2D eigenvalue weighted by Gasteiger charge is 2.55. The molecule has 0 saturated carbocycles. The first kappa shape index (κ1) is 93.4. The van der Waals surface area contributed by atoms with Gasteiger partial charge in [0.25, 0.3) is 11.8 Å². The summed E-state index contributed by atoms with van der Waals surface area (Å²) in [4.78, 5) is 65.7. The van der Waals surface area contributed by atoms with Gasteiger partial charge in [0.15, 0.2) is 0 Å². The van der Waals surface area contributed by atoms with Crippen LogP contribution < -0.4 is 18.9 Å². The van der Waals surface area contributed by atoms with E-state index in [0.717, 1.165) is 101 Å². The Hall–Kier alpha value is -14.4. The van der Waals surface area contributed by atoms with E-state index in [0.29, 0.717) is 145 Å². The Kier molecular flexibility index (Phi) is 27.0. The Morgan fingerprint density at radius 3 is 1.06 bits per heavy atom. The van der Waals surface area contributed by atoms with Crippen LogP contribution in [-0.2, 0) is 66.7 Å². The molecule has 0 unspecified atom stereocenters. The van der Waals surface area contributed by atoms with Crippen molar-refractivity contribution < 1.29 is 77.1 Å². The number of nitriles is 4. The summed E-state index contributed by atoms with van der Waals surface area (Å²) in [7, 11) is 0. The van der Waals surface area contributed by atoms with Crippen molar-refractivity contribution in [3.8, 4) is 135 Å². The Morgan fingerprint density at radius 2 is 0.713 bits per heavy atom. The van der Waals surface area contributed by atoms with Crippen molar-refractivity contribution >= 4 is 46.7 Å². The quantitative estimate of drug-likeness (QED) is 0.0436. The number of β-amino-alcohol motifs (C(OH)–C–C–N with tert-alkyl or cyclic N) is 4. The van der Waals surface area contributed by atoms with Gasteiger partial charge in [-0.25, -0.2) is 9.59 Å². The van der Waals surface area contributed by atoms with Gasteiger partial charge in [0, 0.05) is 107 Å². The van der Waals surface area contributed by atoms with Gasteiger partial charge >= 0.3 is 12.2 Å². The maximum atomic E-state index is 12.5. The highest BCUT2D eigenvalue weighted by atomic mass is 32.1. The van der Waals surface area contributed by atoms with Crippen molar-refractivity contribution in [3.05, 3.63) is 212 Å². The second-order valence-electron chi connectivity index (χ2n) is 35.9. The monoisotopic (exact) mass is 1870 g/mol. The van der Waals surface area contributed by atoms with Crippen molar-refractivity contribution in [2.45, 2.75) is 166 Å². The summed E-state index contributed by atoms with van der Waals surface area (Å²) >= 11 is 3.00. The summed E-state index contributed by atoms with van der Waals surface area (Å²) in [6.45, 7) is 18.1. The molecule has 4 spiro atoms. The molecule has 8 heterocycles. The number of benzene rings is 8. The number of ether oxygens (including phenoxy) is 6. The number of hydrogen-bond donors (Lipinski definition) is 4. The Labute approximate surface area is 792 Å². The molecule has 0 radical (unpaired) electrons. The fourth-order valence-corrected chi connectivity index (χ4v) is 21.9. The van der Waals surface area contributed by atoms with Gasteiger partial charge in [-0.15, -0.1) is 20.4 Å². The van der Waals surface area contributed by atoms with E-state index in [1.165, 1.54) is 44.9 Å². The molecule has 8 aliphatic rings. The molecule has 0 bridgehead atoms. The number of likely N-dealkylation sites (tertiary alicyclic amines) is 2. The molecule has 20 rings (SSSR count). The summed E-state index contributed by atoms with van der Waals surface area (Å²) in [6.07, 6.45) is 6.47. The van der Waals surface area contributed by atoms with Crippen LogP contribution in [0.25, 0.3) is 88.0 Å². The fourth-order valence-electron chi connectivity index (χ4n) is 20.1. The molecule has 4 atom stereocenters. The second kappa shape index (κ2) is 39.3. The van der Waals surface area contributed by atoms with E-state index in [-0.39, 0.29) is 99.8 Å². The number of amides is 4. The number of nitrogens with zero attached hydrogens (tertiary/aromatic N) is 16. The lowest BCUT2D eigenvalue weighted by molar-refractivity contribution is -0.128. The molecular formula is C102H100N16O16S2. The van der Waals surface area contributed by atoms with Gasteiger partial charge in [0.2, 0.25) is 23.5 Å². The lowest BCUT2D eigenvalue weighted by atomic mass is 9.80. The first-order valence-electron chi connectivity index (χ1n) is 45.4. The summed E-state index contributed by atoms with van der Waals surface area (Å²) in [5, 5.41) is 105. The maximum absolute atomic E-state index is 12.5. The number of rotatable bonds is 24. The van der Waals surface area contributed by atoms with Crippen molar-refractivity contribution in [2.24, 2.45) is 0 Å². The van der Waals surface area contributed by atoms with Crippen LogP contribution in [0.5, 0.6) is 23.0 Å². The zero-order valence-electron chi connectivity index (χ0n) is 76.4. The topological polar surface area (TPSA) is 442 Å². The standard InChI is InChI=1S/2C26H26N4O3S.2C25H24N4O5/c2*1-16(2)33-22-7-6-17(12-18(22)14-27)24-28-29-25(34-24)20-4-3-5-21-19(20)8-9-26(21)13-23(32)30(15-26)10-11-31;2*1-15(2)33-21-7-6-16(12-17(21)13-26)23-27-22(28-34-23)19-4-3-5-20-18(19)8-9-25(20)14-32-24(31)29(25)10-11-30/h2*3-7,12,16,31H,8-11,13,15H2,1-2H3;2*3-7,12,15,30H,8-11,14H2,1-2H3/t2*26-;2*25-/m1010/s1. The van der Waals surface area contributed by atoms with E-state index < -0.39 is 23.3 Å². The summed E-state index contributed by atoms with van der Waals surface area (Å²) in [5.41, 5.74) is 15.8. The number of carbonyl (C=O) groups excluding carboxylic acids is 4. The molecular weight excluding hydrogens is 1770 g/mol. The van der Waals surface area contributed by atoms with E-state index in [2.05, 4.69) is 89.2 Å². The predicted molar refractivity (Wildman–Crippen MR) is 501 cm³/mol. The third-order valence-corrected chi connectivity index (χ3v) is 28.0. The molecule has 4 amide bonds. The Bertz CT molecular complexity index is 6370. The molecule has 136 heavy (non-hydrogen) atoms. The minimum absolute atomic E-state index is 0.0135. The molecule has 4 aromatic heterocycles. The summed E-state index contributed by atoms with van der Waals surface area (Å²) in [5.74, 6) is 3.85. The Balaban J connectivity index is 0.000000126. The largest absolute Gasteiger partial charge is 0.490 e. The number of aliphatic hydroxyl groups excluding tert-OH is 4. The molecule has 8 aromatic carbocycles. The van der Waals surface area contributed by atoms with Crippen molar-refractivity contribution in [2.75, 3.05) is 78.9 Å². The third kappa shape index (κ3) is 18.0. The molecule has 4 saturated heterocycles. The number of hydrogen-bond acceptors (Lipinski definition) is 30. The van der Waals surface area contributed by atoms with E-state index in [9.17, 15) is 60.7 Å². The summed E-state index contributed by atoms with van der Waals surface area (Å²) < 4.78 is 44.7. The maximum Gasteiger partial charge on any atom is 0.410 e. The molecule has 34 heteroatoms. The molecule has 4 fully saturated rings. The first-order chi connectivity index (χ1) is 65.8. The molecule has 32 nitrogen and oxygen atoms in total. The average molecular weight is 1870 g/mol. The van der Waals surface area contributed by atoms with E-state index in [1.54, 1.807) is 68.1 Å². The van der Waals surface area contributed by atoms with Crippen LogP contribution in [0.15, 0.2) is 155 Å².